The molecule has 4 heteroatoms. The Hall–Kier alpha value is -0.490. The van der Waals surface area contributed by atoms with E-state index in [1.54, 1.807) is 0 Å². The zero-order chi connectivity index (χ0) is 13.5. The highest BCUT2D eigenvalue weighted by Crippen LogP contribution is 2.42. The first-order valence-corrected chi connectivity index (χ1v) is 7.32. The zero-order valence-corrected chi connectivity index (χ0v) is 13.1. The van der Waals surface area contributed by atoms with Gasteiger partial charge < -0.3 is 5.11 Å². The van der Waals surface area contributed by atoms with Gasteiger partial charge in [0.25, 0.3) is 0 Å². The first-order chi connectivity index (χ1) is 8.39. The molecule has 1 aliphatic carbocycles. The highest BCUT2D eigenvalue weighted by atomic mass is 127. The number of halogens is 1. The molecule has 98 valence electrons. The summed E-state index contributed by atoms with van der Waals surface area (Å²) in [5.74, 6) is 0. The molecule has 0 aromatic carbocycles. The molecule has 1 unspecified atom stereocenters. The van der Waals surface area contributed by atoms with Crippen LogP contribution >= 0.6 is 22.6 Å². The third-order valence-electron chi connectivity index (χ3n) is 3.54. The van der Waals surface area contributed by atoms with E-state index in [2.05, 4.69) is 41.4 Å². The summed E-state index contributed by atoms with van der Waals surface area (Å²) in [6.07, 6.45) is 2.68. The standard InChI is InChI=1S/C14H18INO2/c1-4-9-8(7-17)13(15)12-10(16-9)5-14(2,3)6-11(12)18/h7,11,18H,4-6H2,1-3H3. The lowest BCUT2D eigenvalue weighted by molar-refractivity contribution is 0.0970. The van der Waals surface area contributed by atoms with E-state index in [1.165, 1.54) is 0 Å². The summed E-state index contributed by atoms with van der Waals surface area (Å²) in [5, 5.41) is 10.3. The number of hydrogen-bond acceptors (Lipinski definition) is 3. The predicted octanol–water partition coefficient (Wildman–Crippen LogP) is 3.07. The van der Waals surface area contributed by atoms with E-state index in [-0.39, 0.29) is 5.41 Å². The number of carbonyl (C=O) groups is 1. The first-order valence-electron chi connectivity index (χ1n) is 6.24. The highest BCUT2D eigenvalue weighted by Gasteiger charge is 2.34. The third kappa shape index (κ3) is 2.32. The predicted molar refractivity (Wildman–Crippen MR) is 78.8 cm³/mol. The van der Waals surface area contributed by atoms with Crippen molar-refractivity contribution >= 4 is 28.9 Å². The Morgan fingerprint density at radius 3 is 2.78 bits per heavy atom. The molecule has 0 saturated heterocycles. The Balaban J connectivity index is 2.65. The van der Waals surface area contributed by atoms with Crippen LogP contribution in [0.5, 0.6) is 0 Å². The molecule has 0 fully saturated rings. The Kier molecular flexibility index (Phi) is 3.78. The Labute approximate surface area is 121 Å². The maximum atomic E-state index is 11.2. The van der Waals surface area contributed by atoms with Gasteiger partial charge in [-0.25, -0.2) is 0 Å². The monoisotopic (exact) mass is 359 g/mol. The molecular weight excluding hydrogens is 341 g/mol. The van der Waals surface area contributed by atoms with E-state index < -0.39 is 6.10 Å². The smallest absolute Gasteiger partial charge is 0.152 e. The van der Waals surface area contributed by atoms with Crippen LogP contribution in [0.1, 0.15) is 60.6 Å². The molecule has 1 aliphatic rings. The summed E-state index contributed by atoms with van der Waals surface area (Å²) in [6, 6.07) is 0. The highest BCUT2D eigenvalue weighted by molar-refractivity contribution is 14.1. The molecule has 1 N–H and O–H groups in total. The summed E-state index contributed by atoms with van der Waals surface area (Å²) in [4.78, 5) is 15.8. The molecule has 1 aromatic heterocycles. The summed E-state index contributed by atoms with van der Waals surface area (Å²) < 4.78 is 0.882. The first kappa shape index (κ1) is 13.9. The molecule has 0 radical (unpaired) electrons. The molecule has 18 heavy (non-hydrogen) atoms. The van der Waals surface area contributed by atoms with Crippen molar-refractivity contribution in [3.8, 4) is 0 Å². The number of nitrogens with zero attached hydrogens (tertiary/aromatic N) is 1. The summed E-state index contributed by atoms with van der Waals surface area (Å²) in [7, 11) is 0. The van der Waals surface area contributed by atoms with Crippen LogP contribution in [-0.4, -0.2) is 16.4 Å². The summed E-state index contributed by atoms with van der Waals surface area (Å²) >= 11 is 2.17. The quantitative estimate of drug-likeness (QED) is 0.652. The normalized spacial score (nSPS) is 21.5. The van der Waals surface area contributed by atoms with Gasteiger partial charge in [-0.1, -0.05) is 20.8 Å². The van der Waals surface area contributed by atoms with Crippen LogP contribution in [0.15, 0.2) is 0 Å². The number of aliphatic hydroxyl groups is 1. The molecule has 1 aromatic rings. The van der Waals surface area contributed by atoms with Crippen molar-refractivity contribution in [1.82, 2.24) is 4.98 Å². The van der Waals surface area contributed by atoms with Crippen LogP contribution in [-0.2, 0) is 12.8 Å². The van der Waals surface area contributed by atoms with Crippen molar-refractivity contribution in [2.24, 2.45) is 5.41 Å². The minimum Gasteiger partial charge on any atom is -0.388 e. The second kappa shape index (κ2) is 4.89. The lowest BCUT2D eigenvalue weighted by Crippen LogP contribution is -2.28. The third-order valence-corrected chi connectivity index (χ3v) is 4.70. The van der Waals surface area contributed by atoms with Crippen molar-refractivity contribution < 1.29 is 9.90 Å². The average Bonchev–Trinajstić information content (AvgIpc) is 2.25. The number of aliphatic hydroxyl groups excluding tert-OH is 1. The molecule has 1 atom stereocenters. The lowest BCUT2D eigenvalue weighted by atomic mass is 9.74. The summed E-state index contributed by atoms with van der Waals surface area (Å²) in [5.41, 5.74) is 3.39. The van der Waals surface area contributed by atoms with E-state index in [0.29, 0.717) is 5.56 Å². The number of fused-ring (bicyclic) bond motifs is 1. The molecule has 3 nitrogen and oxygen atoms in total. The number of aldehydes is 1. The van der Waals surface area contributed by atoms with Gasteiger partial charge in [0.15, 0.2) is 6.29 Å². The number of hydrogen-bond donors (Lipinski definition) is 1. The molecule has 0 saturated carbocycles. The van der Waals surface area contributed by atoms with Gasteiger partial charge in [0.2, 0.25) is 0 Å². The molecular formula is C14H18INO2. The SMILES string of the molecule is CCc1nc2c(c(I)c1C=O)C(O)CC(C)(C)C2. The fraction of sp³-hybridized carbons (Fsp3) is 0.571. The van der Waals surface area contributed by atoms with E-state index in [0.717, 1.165) is 46.1 Å². The number of pyridine rings is 1. The largest absolute Gasteiger partial charge is 0.388 e. The van der Waals surface area contributed by atoms with Crippen molar-refractivity contribution in [3.05, 3.63) is 26.1 Å². The lowest BCUT2D eigenvalue weighted by Gasteiger charge is -2.35. The van der Waals surface area contributed by atoms with E-state index in [4.69, 9.17) is 0 Å². The van der Waals surface area contributed by atoms with Gasteiger partial charge in [-0.3, -0.25) is 9.78 Å². The van der Waals surface area contributed by atoms with Gasteiger partial charge in [0.05, 0.1) is 11.8 Å². The molecule has 1 heterocycles. The number of carbonyl (C=O) groups excluding carboxylic acids is 1. The van der Waals surface area contributed by atoms with Gasteiger partial charge in [0, 0.05) is 20.4 Å². The van der Waals surface area contributed by atoms with E-state index >= 15 is 0 Å². The number of rotatable bonds is 2. The van der Waals surface area contributed by atoms with Crippen LogP contribution in [0.2, 0.25) is 0 Å². The number of aromatic nitrogens is 1. The van der Waals surface area contributed by atoms with Crippen molar-refractivity contribution in [3.63, 3.8) is 0 Å². The van der Waals surface area contributed by atoms with Gasteiger partial charge in [0.1, 0.15) is 0 Å². The average molecular weight is 359 g/mol. The maximum Gasteiger partial charge on any atom is 0.152 e. The fourth-order valence-electron chi connectivity index (χ4n) is 2.70. The maximum absolute atomic E-state index is 11.2. The van der Waals surface area contributed by atoms with Gasteiger partial charge in [-0.15, -0.1) is 0 Å². The van der Waals surface area contributed by atoms with Crippen molar-refractivity contribution in [2.75, 3.05) is 0 Å². The molecule has 0 amide bonds. The van der Waals surface area contributed by atoms with Crippen molar-refractivity contribution in [1.29, 1.82) is 0 Å². The zero-order valence-electron chi connectivity index (χ0n) is 11.0. The van der Waals surface area contributed by atoms with Gasteiger partial charge >= 0.3 is 0 Å². The van der Waals surface area contributed by atoms with Gasteiger partial charge in [-0.05, 0) is 47.3 Å². The van der Waals surface area contributed by atoms with E-state index in [1.807, 2.05) is 6.92 Å². The van der Waals surface area contributed by atoms with E-state index in [9.17, 15) is 9.90 Å². The second-order valence-electron chi connectivity index (χ2n) is 5.68. The van der Waals surface area contributed by atoms with Crippen LogP contribution < -0.4 is 0 Å². The molecule has 0 spiro atoms. The second-order valence-corrected chi connectivity index (χ2v) is 6.76. The van der Waals surface area contributed by atoms with Crippen LogP contribution in [0.25, 0.3) is 0 Å². The minimum absolute atomic E-state index is 0.0657. The van der Waals surface area contributed by atoms with Gasteiger partial charge in [-0.2, -0.15) is 0 Å². The Morgan fingerprint density at radius 2 is 2.22 bits per heavy atom. The van der Waals surface area contributed by atoms with Crippen molar-refractivity contribution in [2.45, 2.75) is 46.1 Å². The fourth-order valence-corrected chi connectivity index (χ4v) is 3.80. The summed E-state index contributed by atoms with van der Waals surface area (Å²) in [6.45, 7) is 6.29. The van der Waals surface area contributed by atoms with Crippen LogP contribution in [0.3, 0.4) is 0 Å². The Morgan fingerprint density at radius 1 is 1.56 bits per heavy atom. The molecule has 0 aliphatic heterocycles. The molecule has 2 rings (SSSR count). The Bertz CT molecular complexity index is 497. The number of aryl methyl sites for hydroxylation is 1. The minimum atomic E-state index is -0.507. The van der Waals surface area contributed by atoms with Crippen LogP contribution in [0, 0.1) is 8.99 Å². The topological polar surface area (TPSA) is 50.2 Å². The molecule has 0 bridgehead atoms. The van der Waals surface area contributed by atoms with Crippen LogP contribution in [0.4, 0.5) is 0 Å².